The molecule has 0 saturated heterocycles. The molecule has 1 aromatic heterocycles. The second-order valence-corrected chi connectivity index (χ2v) is 5.96. The van der Waals surface area contributed by atoms with Gasteiger partial charge in [-0.15, -0.1) is 24.0 Å². The molecule has 1 fully saturated rings. The van der Waals surface area contributed by atoms with Crippen LogP contribution in [0.5, 0.6) is 0 Å². The summed E-state index contributed by atoms with van der Waals surface area (Å²) in [6.45, 7) is 1.78. The lowest BCUT2D eigenvalue weighted by molar-refractivity contribution is 0.375. The molecule has 0 aromatic carbocycles. The van der Waals surface area contributed by atoms with Crippen LogP contribution in [0.3, 0.4) is 0 Å². The van der Waals surface area contributed by atoms with Gasteiger partial charge >= 0.3 is 0 Å². The molecule has 126 valence electrons. The third-order valence-electron chi connectivity index (χ3n) is 4.37. The first kappa shape index (κ1) is 19.3. The van der Waals surface area contributed by atoms with Gasteiger partial charge < -0.3 is 10.6 Å². The molecular formula is C16H30IN5. The Morgan fingerprint density at radius 3 is 2.50 bits per heavy atom. The van der Waals surface area contributed by atoms with Crippen LogP contribution in [-0.2, 0) is 13.6 Å². The molecule has 0 spiro atoms. The Morgan fingerprint density at radius 1 is 1.23 bits per heavy atom. The number of aryl methyl sites for hydroxylation is 1. The zero-order valence-corrected chi connectivity index (χ0v) is 16.2. The molecule has 5 nitrogen and oxygen atoms in total. The first-order valence-corrected chi connectivity index (χ1v) is 8.21. The maximum Gasteiger partial charge on any atom is 0.191 e. The van der Waals surface area contributed by atoms with E-state index in [1.165, 1.54) is 44.9 Å². The highest BCUT2D eigenvalue weighted by Crippen LogP contribution is 2.21. The van der Waals surface area contributed by atoms with E-state index in [0.717, 1.165) is 30.7 Å². The van der Waals surface area contributed by atoms with Crippen LogP contribution in [0.2, 0.25) is 0 Å². The number of hydrogen-bond acceptors (Lipinski definition) is 2. The summed E-state index contributed by atoms with van der Waals surface area (Å²) >= 11 is 0. The fraction of sp³-hybridized carbons (Fsp3) is 0.750. The van der Waals surface area contributed by atoms with Gasteiger partial charge in [0.25, 0.3) is 0 Å². The van der Waals surface area contributed by atoms with Crippen molar-refractivity contribution in [1.29, 1.82) is 0 Å². The smallest absolute Gasteiger partial charge is 0.191 e. The number of aliphatic imine (C=N–C) groups is 1. The predicted octanol–water partition coefficient (Wildman–Crippen LogP) is 3.06. The molecule has 6 heteroatoms. The van der Waals surface area contributed by atoms with E-state index in [2.05, 4.69) is 20.7 Å². The average Bonchev–Trinajstić information content (AvgIpc) is 2.86. The van der Waals surface area contributed by atoms with Crippen molar-refractivity contribution >= 4 is 29.9 Å². The second-order valence-electron chi connectivity index (χ2n) is 5.96. The van der Waals surface area contributed by atoms with Gasteiger partial charge in [0.1, 0.15) is 0 Å². The van der Waals surface area contributed by atoms with Crippen molar-refractivity contribution in [1.82, 2.24) is 20.4 Å². The summed E-state index contributed by atoms with van der Waals surface area (Å²) in [7, 11) is 3.79. The van der Waals surface area contributed by atoms with E-state index < -0.39 is 0 Å². The Morgan fingerprint density at radius 2 is 1.91 bits per heavy atom. The van der Waals surface area contributed by atoms with Crippen LogP contribution >= 0.6 is 24.0 Å². The minimum absolute atomic E-state index is 0. The Bertz CT molecular complexity index is 435. The van der Waals surface area contributed by atoms with Gasteiger partial charge in [-0.2, -0.15) is 5.10 Å². The van der Waals surface area contributed by atoms with Gasteiger partial charge in [0.15, 0.2) is 5.96 Å². The molecule has 0 atom stereocenters. The van der Waals surface area contributed by atoms with Crippen LogP contribution in [0, 0.1) is 5.92 Å². The number of hydrogen-bond donors (Lipinski definition) is 2. The van der Waals surface area contributed by atoms with Crippen molar-refractivity contribution in [2.75, 3.05) is 13.6 Å². The topological polar surface area (TPSA) is 54.2 Å². The maximum absolute atomic E-state index is 4.31. The average molecular weight is 419 g/mol. The van der Waals surface area contributed by atoms with Gasteiger partial charge in [-0.25, -0.2) is 0 Å². The van der Waals surface area contributed by atoms with Crippen molar-refractivity contribution in [3.63, 3.8) is 0 Å². The van der Waals surface area contributed by atoms with Gasteiger partial charge in [-0.1, -0.05) is 32.1 Å². The quantitative estimate of drug-likeness (QED) is 0.448. The molecule has 22 heavy (non-hydrogen) atoms. The summed E-state index contributed by atoms with van der Waals surface area (Å²) in [6, 6.07) is 2.02. The Labute approximate surface area is 151 Å². The van der Waals surface area contributed by atoms with Gasteiger partial charge in [0.2, 0.25) is 0 Å². The summed E-state index contributed by atoms with van der Waals surface area (Å²) in [6.07, 6.45) is 11.5. The summed E-state index contributed by atoms with van der Waals surface area (Å²) < 4.78 is 1.88. The molecule has 1 aromatic rings. The Kier molecular flexibility index (Phi) is 9.50. The number of nitrogens with one attached hydrogen (secondary N) is 2. The number of nitrogens with zero attached hydrogens (tertiary/aromatic N) is 3. The van der Waals surface area contributed by atoms with Gasteiger partial charge in [0, 0.05) is 26.8 Å². The summed E-state index contributed by atoms with van der Waals surface area (Å²) in [4.78, 5) is 4.31. The number of guanidine groups is 1. The molecular weight excluding hydrogens is 389 g/mol. The van der Waals surface area contributed by atoms with Gasteiger partial charge in [-0.05, 0) is 24.8 Å². The molecule has 0 radical (unpaired) electrons. The SMILES string of the molecule is CN=C(NCc1ccnn1C)NCC1CCCCCCC1.I. The van der Waals surface area contributed by atoms with Crippen LogP contribution in [-0.4, -0.2) is 29.3 Å². The van der Waals surface area contributed by atoms with E-state index in [1.807, 2.05) is 31.0 Å². The third kappa shape index (κ3) is 6.54. The summed E-state index contributed by atoms with van der Waals surface area (Å²) in [5, 5.41) is 11.0. The zero-order chi connectivity index (χ0) is 14.9. The molecule has 0 bridgehead atoms. The fourth-order valence-electron chi connectivity index (χ4n) is 2.96. The monoisotopic (exact) mass is 419 g/mol. The van der Waals surface area contributed by atoms with E-state index >= 15 is 0 Å². The van der Waals surface area contributed by atoms with Crippen LogP contribution in [0.15, 0.2) is 17.3 Å². The molecule has 2 rings (SSSR count). The van der Waals surface area contributed by atoms with E-state index in [9.17, 15) is 0 Å². The summed E-state index contributed by atoms with van der Waals surface area (Å²) in [5.74, 6) is 1.68. The maximum atomic E-state index is 4.31. The first-order valence-electron chi connectivity index (χ1n) is 8.21. The highest BCUT2D eigenvalue weighted by molar-refractivity contribution is 14.0. The molecule has 1 aliphatic rings. The molecule has 1 heterocycles. The molecule has 0 amide bonds. The molecule has 2 N–H and O–H groups in total. The van der Waals surface area contributed by atoms with E-state index in [-0.39, 0.29) is 24.0 Å². The molecule has 0 aliphatic heterocycles. The molecule has 1 saturated carbocycles. The normalized spacial score (nSPS) is 17.3. The lowest BCUT2D eigenvalue weighted by Gasteiger charge is -2.21. The zero-order valence-electron chi connectivity index (χ0n) is 13.8. The lowest BCUT2D eigenvalue weighted by Crippen LogP contribution is -2.39. The largest absolute Gasteiger partial charge is 0.356 e. The number of rotatable bonds is 4. The van der Waals surface area contributed by atoms with Gasteiger partial charge in [-0.3, -0.25) is 9.67 Å². The fourth-order valence-corrected chi connectivity index (χ4v) is 2.96. The summed E-state index contributed by atoms with van der Waals surface area (Å²) in [5.41, 5.74) is 1.16. The number of halogens is 1. The predicted molar refractivity (Wildman–Crippen MR) is 103 cm³/mol. The van der Waals surface area contributed by atoms with Crippen molar-refractivity contribution in [2.24, 2.45) is 18.0 Å². The lowest BCUT2D eigenvalue weighted by atomic mass is 9.91. The van der Waals surface area contributed by atoms with Crippen LogP contribution < -0.4 is 10.6 Å². The highest BCUT2D eigenvalue weighted by atomic mass is 127. The number of aromatic nitrogens is 2. The van der Waals surface area contributed by atoms with Crippen LogP contribution in [0.4, 0.5) is 0 Å². The first-order chi connectivity index (χ1) is 10.3. The third-order valence-corrected chi connectivity index (χ3v) is 4.37. The Hall–Kier alpha value is -0.790. The van der Waals surface area contributed by atoms with Crippen molar-refractivity contribution < 1.29 is 0 Å². The minimum atomic E-state index is 0. The van der Waals surface area contributed by atoms with Crippen molar-refractivity contribution in [3.8, 4) is 0 Å². The minimum Gasteiger partial charge on any atom is -0.356 e. The van der Waals surface area contributed by atoms with E-state index in [4.69, 9.17) is 0 Å². The standard InChI is InChI=1S/C16H29N5.HI/c1-17-16(19-13-15-10-11-20-21(15)2)18-12-14-8-6-4-3-5-7-9-14;/h10-11,14H,3-9,12-13H2,1-2H3,(H2,17,18,19);1H. The Balaban J connectivity index is 0.00000242. The van der Waals surface area contributed by atoms with Crippen LogP contribution in [0.1, 0.15) is 50.6 Å². The highest BCUT2D eigenvalue weighted by Gasteiger charge is 2.12. The van der Waals surface area contributed by atoms with Crippen LogP contribution in [0.25, 0.3) is 0 Å². The molecule has 0 unspecified atom stereocenters. The molecule has 1 aliphatic carbocycles. The van der Waals surface area contributed by atoms with E-state index in [0.29, 0.717) is 0 Å². The second kappa shape index (κ2) is 10.9. The van der Waals surface area contributed by atoms with Gasteiger partial charge in [0.05, 0.1) is 12.2 Å². The van der Waals surface area contributed by atoms with Crippen molar-refractivity contribution in [2.45, 2.75) is 51.5 Å². The van der Waals surface area contributed by atoms with E-state index in [1.54, 1.807) is 0 Å². The van der Waals surface area contributed by atoms with Crippen molar-refractivity contribution in [3.05, 3.63) is 18.0 Å².